The zero-order valence-corrected chi connectivity index (χ0v) is 21.5. The number of nitrogens with two attached hydrogens (primary N) is 2. The first-order valence-corrected chi connectivity index (χ1v) is 13.3. The normalized spacial score (nSPS) is 13.0. The standard InChI is InChI=1S/C37H28N2/c38-29-19-15-27(16-20-29)37(28-17-21-30(39)22-18-28)34-14-8-7-13-32(34)33-24-23-31(25-9-3-1-4-10-25)35(36(33)37)26-11-5-2-6-12-26/h1-24H,38-39H2. The molecule has 0 spiro atoms. The van der Waals surface area contributed by atoms with Gasteiger partial charge in [-0.3, -0.25) is 0 Å². The summed E-state index contributed by atoms with van der Waals surface area (Å²) in [4.78, 5) is 0. The molecule has 0 unspecified atom stereocenters. The quantitative estimate of drug-likeness (QED) is 0.238. The average molecular weight is 501 g/mol. The molecule has 6 aromatic carbocycles. The first-order chi connectivity index (χ1) is 19.2. The van der Waals surface area contributed by atoms with Crippen molar-refractivity contribution in [2.45, 2.75) is 5.41 Å². The van der Waals surface area contributed by atoms with E-state index >= 15 is 0 Å². The highest BCUT2D eigenvalue weighted by atomic mass is 14.6. The van der Waals surface area contributed by atoms with Crippen molar-refractivity contribution in [3.8, 4) is 33.4 Å². The Hall–Kier alpha value is -5.08. The van der Waals surface area contributed by atoms with Crippen molar-refractivity contribution in [3.63, 3.8) is 0 Å². The fourth-order valence-electron chi connectivity index (χ4n) is 6.39. The van der Waals surface area contributed by atoms with Crippen molar-refractivity contribution in [2.75, 3.05) is 11.5 Å². The van der Waals surface area contributed by atoms with E-state index in [0.29, 0.717) is 0 Å². The molecular formula is C37H28N2. The molecule has 0 atom stereocenters. The van der Waals surface area contributed by atoms with Gasteiger partial charge in [-0.15, -0.1) is 0 Å². The summed E-state index contributed by atoms with van der Waals surface area (Å²) < 4.78 is 0. The summed E-state index contributed by atoms with van der Waals surface area (Å²) in [5.41, 5.74) is 25.6. The lowest BCUT2D eigenvalue weighted by atomic mass is 9.65. The molecule has 0 radical (unpaired) electrons. The largest absolute Gasteiger partial charge is 0.399 e. The van der Waals surface area contributed by atoms with Gasteiger partial charge in [-0.05, 0) is 79.9 Å². The van der Waals surface area contributed by atoms with Crippen LogP contribution in [0.15, 0.2) is 146 Å². The van der Waals surface area contributed by atoms with Crippen molar-refractivity contribution >= 4 is 11.4 Å². The van der Waals surface area contributed by atoms with E-state index in [2.05, 4.69) is 121 Å². The third-order valence-electron chi connectivity index (χ3n) is 8.04. The number of hydrogen-bond donors (Lipinski definition) is 2. The Balaban J connectivity index is 1.71. The fourth-order valence-corrected chi connectivity index (χ4v) is 6.39. The van der Waals surface area contributed by atoms with Gasteiger partial charge < -0.3 is 11.5 Å². The summed E-state index contributed by atoms with van der Waals surface area (Å²) in [7, 11) is 0. The smallest absolute Gasteiger partial charge is 0.0719 e. The molecule has 1 aliphatic carbocycles. The first kappa shape index (κ1) is 23.1. The molecule has 0 saturated heterocycles. The predicted octanol–water partition coefficient (Wildman–Crippen LogP) is 8.55. The maximum atomic E-state index is 6.22. The molecular weight excluding hydrogens is 472 g/mol. The van der Waals surface area contributed by atoms with Crippen LogP contribution in [0.25, 0.3) is 33.4 Å². The van der Waals surface area contributed by atoms with E-state index in [1.165, 1.54) is 55.6 Å². The van der Waals surface area contributed by atoms with E-state index in [9.17, 15) is 0 Å². The number of anilines is 2. The van der Waals surface area contributed by atoms with Gasteiger partial charge in [0.2, 0.25) is 0 Å². The summed E-state index contributed by atoms with van der Waals surface area (Å²) in [5, 5.41) is 0. The van der Waals surface area contributed by atoms with E-state index in [1.807, 2.05) is 24.3 Å². The number of nitrogen functional groups attached to an aromatic ring is 2. The summed E-state index contributed by atoms with van der Waals surface area (Å²) in [5.74, 6) is 0. The van der Waals surface area contributed by atoms with Gasteiger partial charge in [0.15, 0.2) is 0 Å². The van der Waals surface area contributed by atoms with E-state index < -0.39 is 5.41 Å². The highest BCUT2D eigenvalue weighted by molar-refractivity contribution is 5.98. The third-order valence-corrected chi connectivity index (χ3v) is 8.04. The van der Waals surface area contributed by atoms with E-state index in [1.54, 1.807) is 0 Å². The van der Waals surface area contributed by atoms with Crippen molar-refractivity contribution in [1.29, 1.82) is 0 Å². The lowest BCUT2D eigenvalue weighted by Crippen LogP contribution is -2.29. The van der Waals surface area contributed by atoms with Crippen molar-refractivity contribution in [1.82, 2.24) is 0 Å². The minimum Gasteiger partial charge on any atom is -0.399 e. The molecule has 0 fully saturated rings. The van der Waals surface area contributed by atoms with Crippen LogP contribution < -0.4 is 11.5 Å². The highest BCUT2D eigenvalue weighted by Crippen LogP contribution is 2.60. The number of hydrogen-bond acceptors (Lipinski definition) is 2. The van der Waals surface area contributed by atoms with Gasteiger partial charge in [0.05, 0.1) is 5.41 Å². The third kappa shape index (κ3) is 3.49. The molecule has 0 aliphatic heterocycles. The van der Waals surface area contributed by atoms with Crippen LogP contribution in [0.2, 0.25) is 0 Å². The second-order valence-electron chi connectivity index (χ2n) is 10.2. The SMILES string of the molecule is Nc1ccc(C2(c3ccc(N)cc3)c3ccccc3-c3ccc(-c4ccccc4)c(-c4ccccc4)c32)cc1. The summed E-state index contributed by atoms with van der Waals surface area (Å²) >= 11 is 0. The molecule has 2 nitrogen and oxygen atoms in total. The van der Waals surface area contributed by atoms with E-state index in [4.69, 9.17) is 11.5 Å². The van der Waals surface area contributed by atoms with Crippen LogP contribution >= 0.6 is 0 Å². The van der Waals surface area contributed by atoms with Crippen molar-refractivity contribution < 1.29 is 0 Å². The second-order valence-corrected chi connectivity index (χ2v) is 10.2. The first-order valence-electron chi connectivity index (χ1n) is 13.3. The van der Waals surface area contributed by atoms with Crippen LogP contribution in [0, 0.1) is 0 Å². The lowest BCUT2D eigenvalue weighted by Gasteiger charge is -2.36. The maximum absolute atomic E-state index is 6.22. The van der Waals surface area contributed by atoms with Gasteiger partial charge in [0.25, 0.3) is 0 Å². The van der Waals surface area contributed by atoms with E-state index in [-0.39, 0.29) is 0 Å². The number of fused-ring (bicyclic) bond motifs is 3. The Morgan fingerprint density at radius 1 is 0.385 bits per heavy atom. The topological polar surface area (TPSA) is 52.0 Å². The van der Waals surface area contributed by atoms with Crippen molar-refractivity contribution in [2.24, 2.45) is 0 Å². The summed E-state index contributed by atoms with van der Waals surface area (Å²) in [6, 6.07) is 51.6. The molecule has 0 heterocycles. The molecule has 0 bridgehead atoms. The van der Waals surface area contributed by atoms with Crippen LogP contribution in [0.3, 0.4) is 0 Å². The van der Waals surface area contributed by atoms with Crippen LogP contribution in [-0.2, 0) is 5.41 Å². The molecule has 6 aromatic rings. The zero-order chi connectivity index (χ0) is 26.4. The minimum atomic E-state index is -0.566. The monoisotopic (exact) mass is 500 g/mol. The molecule has 0 saturated carbocycles. The van der Waals surface area contributed by atoms with Gasteiger partial charge in [-0.25, -0.2) is 0 Å². The van der Waals surface area contributed by atoms with Gasteiger partial charge in [-0.1, -0.05) is 121 Å². The molecule has 2 heteroatoms. The van der Waals surface area contributed by atoms with E-state index in [0.717, 1.165) is 11.4 Å². The predicted molar refractivity (Wildman–Crippen MR) is 163 cm³/mol. The van der Waals surface area contributed by atoms with Crippen molar-refractivity contribution in [3.05, 3.63) is 168 Å². The molecule has 39 heavy (non-hydrogen) atoms. The number of benzene rings is 6. The summed E-state index contributed by atoms with van der Waals surface area (Å²) in [6.45, 7) is 0. The van der Waals surface area contributed by atoms with Gasteiger partial charge >= 0.3 is 0 Å². The Labute approximate surface area is 229 Å². The van der Waals surface area contributed by atoms with Gasteiger partial charge in [0.1, 0.15) is 0 Å². The average Bonchev–Trinajstić information content (AvgIpc) is 3.30. The number of rotatable bonds is 4. The highest BCUT2D eigenvalue weighted by Gasteiger charge is 2.48. The summed E-state index contributed by atoms with van der Waals surface area (Å²) in [6.07, 6.45) is 0. The Bertz CT molecular complexity index is 1740. The molecule has 1 aliphatic rings. The zero-order valence-electron chi connectivity index (χ0n) is 21.5. The van der Waals surface area contributed by atoms with Crippen LogP contribution in [0.5, 0.6) is 0 Å². The molecule has 0 amide bonds. The van der Waals surface area contributed by atoms with Crippen LogP contribution in [-0.4, -0.2) is 0 Å². The van der Waals surface area contributed by atoms with Gasteiger partial charge in [-0.2, -0.15) is 0 Å². The van der Waals surface area contributed by atoms with Crippen LogP contribution in [0.4, 0.5) is 11.4 Å². The molecule has 0 aromatic heterocycles. The minimum absolute atomic E-state index is 0.566. The molecule has 186 valence electrons. The van der Waals surface area contributed by atoms with Crippen LogP contribution in [0.1, 0.15) is 22.3 Å². The Morgan fingerprint density at radius 3 is 1.46 bits per heavy atom. The maximum Gasteiger partial charge on any atom is 0.0719 e. The van der Waals surface area contributed by atoms with Gasteiger partial charge in [0, 0.05) is 11.4 Å². The Kier molecular flexibility index (Phi) is 5.35. The Morgan fingerprint density at radius 2 is 0.872 bits per heavy atom. The second kappa shape index (κ2) is 9.04. The molecule has 7 rings (SSSR count). The molecule has 4 N–H and O–H groups in total. The lowest BCUT2D eigenvalue weighted by molar-refractivity contribution is 0.771. The fraction of sp³-hybridized carbons (Fsp3) is 0.0270.